The Bertz CT molecular complexity index is 114. The third-order valence-corrected chi connectivity index (χ3v) is 1.41. The van der Waals surface area contributed by atoms with Gasteiger partial charge in [-0.1, -0.05) is 0 Å². The first kappa shape index (κ1) is 13.4. The predicted octanol–water partition coefficient (Wildman–Crippen LogP) is -3.97. The van der Waals surface area contributed by atoms with E-state index in [0.717, 1.165) is 7.11 Å². The number of hydrogen-bond acceptors (Lipinski definition) is 5. The van der Waals surface area contributed by atoms with E-state index in [1.807, 2.05) is 0 Å². The Morgan fingerprint density at radius 3 is 2.00 bits per heavy atom. The summed E-state index contributed by atoms with van der Waals surface area (Å²) in [6, 6.07) is 0. The van der Waals surface area contributed by atoms with Gasteiger partial charge in [-0.3, -0.25) is 4.18 Å². The molecule has 0 amide bonds. The van der Waals surface area contributed by atoms with Crippen LogP contribution in [0.5, 0.6) is 0 Å². The van der Waals surface area contributed by atoms with Crippen molar-refractivity contribution < 1.29 is 72.2 Å². The van der Waals surface area contributed by atoms with Gasteiger partial charge in [-0.15, -0.1) is 0 Å². The Hall–Kier alpha value is 1.82. The summed E-state index contributed by atoms with van der Waals surface area (Å²) in [4.78, 5) is 0. The standard InChI is InChI=1S/CH4O5S2.K/c1-5-8(4)6-7(2)3;/h1H3,(H,2,3);/q;+1/p-1. The Morgan fingerprint density at radius 2 is 1.89 bits per heavy atom. The molecule has 0 aliphatic rings. The SMILES string of the molecule is COS(=O)OS(=O)[O-].[K+]. The molecule has 0 saturated carbocycles. The van der Waals surface area contributed by atoms with Crippen molar-refractivity contribution in [1.82, 2.24) is 0 Å². The summed E-state index contributed by atoms with van der Waals surface area (Å²) in [6.45, 7) is 0. The maximum absolute atomic E-state index is 9.90. The summed E-state index contributed by atoms with van der Waals surface area (Å²) >= 11 is -4.94. The summed E-state index contributed by atoms with van der Waals surface area (Å²) in [6.07, 6.45) is 0. The molecule has 0 aromatic rings. The van der Waals surface area contributed by atoms with Crippen molar-refractivity contribution in [1.29, 1.82) is 0 Å². The van der Waals surface area contributed by atoms with Crippen LogP contribution in [0.3, 0.4) is 0 Å². The molecule has 0 aromatic carbocycles. The minimum absolute atomic E-state index is 0. The summed E-state index contributed by atoms with van der Waals surface area (Å²) in [7, 11) is 1.06. The molecule has 50 valence electrons. The molecule has 0 aromatic heterocycles. The van der Waals surface area contributed by atoms with Crippen molar-refractivity contribution in [3.63, 3.8) is 0 Å². The van der Waals surface area contributed by atoms with Crippen molar-refractivity contribution >= 4 is 22.7 Å². The monoisotopic (exact) mass is 198 g/mol. The minimum atomic E-state index is -2.77. The Balaban J connectivity index is 0. The summed E-state index contributed by atoms with van der Waals surface area (Å²) in [5, 5.41) is 0. The average molecular weight is 198 g/mol. The fraction of sp³-hybridized carbons (Fsp3) is 1.00. The first-order valence-corrected chi connectivity index (χ1v) is 3.41. The quantitative estimate of drug-likeness (QED) is 0.341. The topological polar surface area (TPSA) is 75.7 Å². The normalized spacial score (nSPS) is 15.8. The van der Waals surface area contributed by atoms with Gasteiger partial charge < -0.3 is 4.55 Å². The second-order valence-electron chi connectivity index (χ2n) is 0.643. The summed E-state index contributed by atoms with van der Waals surface area (Å²) in [5.41, 5.74) is 0. The van der Waals surface area contributed by atoms with Gasteiger partial charge in [0.15, 0.2) is 0 Å². The van der Waals surface area contributed by atoms with Crippen molar-refractivity contribution in [3.8, 4) is 0 Å². The third-order valence-electron chi connectivity index (χ3n) is 0.247. The molecule has 0 fully saturated rings. The molecule has 0 heterocycles. The van der Waals surface area contributed by atoms with Gasteiger partial charge in [0.2, 0.25) is 0 Å². The van der Waals surface area contributed by atoms with Crippen molar-refractivity contribution in [2.24, 2.45) is 0 Å². The van der Waals surface area contributed by atoms with Gasteiger partial charge in [0.1, 0.15) is 11.4 Å². The second kappa shape index (κ2) is 7.92. The van der Waals surface area contributed by atoms with E-state index >= 15 is 0 Å². The van der Waals surface area contributed by atoms with Crippen LogP contribution < -0.4 is 51.4 Å². The molecule has 2 atom stereocenters. The van der Waals surface area contributed by atoms with Crippen LogP contribution >= 0.6 is 0 Å². The van der Waals surface area contributed by atoms with Gasteiger partial charge in [0, 0.05) is 0 Å². The van der Waals surface area contributed by atoms with Gasteiger partial charge in [0.25, 0.3) is 0 Å². The average Bonchev–Trinajstić information content (AvgIpc) is 1.65. The Labute approximate surface area is 100 Å². The maximum atomic E-state index is 9.90. The molecular formula is CH3KO5S2. The molecule has 0 bridgehead atoms. The van der Waals surface area contributed by atoms with Crippen LogP contribution in [0.2, 0.25) is 0 Å². The van der Waals surface area contributed by atoms with Crippen LogP contribution in [0.25, 0.3) is 0 Å². The first-order valence-electron chi connectivity index (χ1n) is 1.41. The Kier molecular flexibility index (Phi) is 11.8. The van der Waals surface area contributed by atoms with E-state index in [4.69, 9.17) is 0 Å². The van der Waals surface area contributed by atoms with E-state index in [2.05, 4.69) is 7.81 Å². The second-order valence-corrected chi connectivity index (χ2v) is 2.34. The van der Waals surface area contributed by atoms with Gasteiger partial charge in [0.05, 0.1) is 7.11 Å². The number of rotatable bonds is 3. The summed E-state index contributed by atoms with van der Waals surface area (Å²) < 4.78 is 36.3. The van der Waals surface area contributed by atoms with E-state index in [9.17, 15) is 13.0 Å². The molecule has 8 heteroatoms. The van der Waals surface area contributed by atoms with Crippen LogP contribution in [-0.4, -0.2) is 20.1 Å². The molecule has 0 N–H and O–H groups in total. The van der Waals surface area contributed by atoms with E-state index in [1.165, 1.54) is 0 Å². The van der Waals surface area contributed by atoms with Crippen molar-refractivity contribution in [3.05, 3.63) is 0 Å². The van der Waals surface area contributed by atoms with Crippen molar-refractivity contribution in [2.75, 3.05) is 7.11 Å². The largest absolute Gasteiger partial charge is 1.00 e. The van der Waals surface area contributed by atoms with E-state index in [1.54, 1.807) is 0 Å². The van der Waals surface area contributed by atoms with Gasteiger partial charge >= 0.3 is 62.7 Å². The zero-order chi connectivity index (χ0) is 6.57. The first-order chi connectivity index (χ1) is 3.66. The molecule has 0 spiro atoms. The van der Waals surface area contributed by atoms with Crippen LogP contribution in [0.4, 0.5) is 0 Å². The Morgan fingerprint density at radius 1 is 1.44 bits per heavy atom. The number of hydrogen-bond donors (Lipinski definition) is 0. The van der Waals surface area contributed by atoms with Gasteiger partial charge in [-0.05, 0) is 0 Å². The van der Waals surface area contributed by atoms with Crippen LogP contribution in [0.15, 0.2) is 0 Å². The zero-order valence-electron chi connectivity index (χ0n) is 4.86. The predicted molar refractivity (Wildman–Crippen MR) is 25.2 cm³/mol. The fourth-order valence-electron chi connectivity index (χ4n) is 0.0731. The van der Waals surface area contributed by atoms with E-state index in [-0.39, 0.29) is 51.4 Å². The molecule has 5 nitrogen and oxygen atoms in total. The van der Waals surface area contributed by atoms with Crippen LogP contribution in [0, 0.1) is 0 Å². The molecule has 0 rings (SSSR count). The smallest absolute Gasteiger partial charge is 0.749 e. The zero-order valence-corrected chi connectivity index (χ0v) is 9.61. The molecule has 9 heavy (non-hydrogen) atoms. The fourth-order valence-corrected chi connectivity index (χ4v) is 0.658. The van der Waals surface area contributed by atoms with E-state index in [0.29, 0.717) is 0 Å². The summed E-state index contributed by atoms with van der Waals surface area (Å²) in [5.74, 6) is 0. The molecule has 0 aliphatic carbocycles. The maximum Gasteiger partial charge on any atom is 1.00 e. The van der Waals surface area contributed by atoms with Crippen molar-refractivity contribution in [2.45, 2.75) is 0 Å². The van der Waals surface area contributed by atoms with Gasteiger partial charge in [-0.2, -0.15) is 7.84 Å². The molecule has 0 aliphatic heterocycles. The minimum Gasteiger partial charge on any atom is -0.749 e. The molecule has 0 radical (unpaired) electrons. The van der Waals surface area contributed by atoms with Crippen LogP contribution in [-0.2, 0) is 30.5 Å². The van der Waals surface area contributed by atoms with Crippen LogP contribution in [0.1, 0.15) is 0 Å². The molecule has 0 saturated heterocycles. The van der Waals surface area contributed by atoms with Gasteiger partial charge in [-0.25, -0.2) is 4.21 Å². The third kappa shape index (κ3) is 9.82. The van der Waals surface area contributed by atoms with E-state index < -0.39 is 22.7 Å². The molecular weight excluding hydrogens is 195 g/mol. The molecule has 2 unspecified atom stereocenters.